The predicted molar refractivity (Wildman–Crippen MR) is 88.8 cm³/mol. The first-order chi connectivity index (χ1) is 12.5. The van der Waals surface area contributed by atoms with Crippen LogP contribution >= 0.6 is 11.8 Å². The first-order valence-electron chi connectivity index (χ1n) is 7.53. The molecule has 2 atom stereocenters. The van der Waals surface area contributed by atoms with Gasteiger partial charge in [-0.25, -0.2) is 4.79 Å². The number of hydrogen-bond donors (Lipinski definition) is 2. The average molecular weight is 373 g/mol. The van der Waals surface area contributed by atoms with Crippen molar-refractivity contribution in [2.45, 2.75) is 11.4 Å². The fraction of sp³-hybridized carbons (Fsp3) is 0.188. The van der Waals surface area contributed by atoms with E-state index in [2.05, 4.69) is 5.16 Å². The number of benzene rings is 1. The Hall–Kier alpha value is -3.14. The van der Waals surface area contributed by atoms with Gasteiger partial charge in [0.2, 0.25) is 0 Å². The molecule has 132 valence electrons. The summed E-state index contributed by atoms with van der Waals surface area (Å²) in [5, 5.41) is 20.2. The molecule has 10 heteroatoms. The Kier molecular flexibility index (Phi) is 3.58. The van der Waals surface area contributed by atoms with Crippen LogP contribution < -0.4 is 0 Å². The summed E-state index contributed by atoms with van der Waals surface area (Å²) < 4.78 is 0. The summed E-state index contributed by atoms with van der Waals surface area (Å²) in [6.07, 6.45) is 0.968. The number of fused-ring (bicyclic) bond motifs is 2. The maximum atomic E-state index is 12.7. The van der Waals surface area contributed by atoms with Crippen molar-refractivity contribution in [3.8, 4) is 0 Å². The van der Waals surface area contributed by atoms with E-state index in [9.17, 15) is 24.3 Å². The Labute approximate surface area is 150 Å². The van der Waals surface area contributed by atoms with Gasteiger partial charge >= 0.3 is 5.97 Å². The van der Waals surface area contributed by atoms with Crippen LogP contribution in [-0.4, -0.2) is 67.2 Å². The number of hydrogen-bond acceptors (Lipinski definition) is 7. The molecule has 0 bridgehead atoms. The molecule has 0 radical (unpaired) electrons. The van der Waals surface area contributed by atoms with Crippen LogP contribution in [0.4, 0.5) is 0 Å². The van der Waals surface area contributed by atoms with Gasteiger partial charge in [0, 0.05) is 11.3 Å². The first-order valence-corrected chi connectivity index (χ1v) is 8.57. The van der Waals surface area contributed by atoms with Gasteiger partial charge in [-0.3, -0.25) is 24.2 Å². The molecule has 3 aliphatic heterocycles. The molecule has 26 heavy (non-hydrogen) atoms. The van der Waals surface area contributed by atoms with E-state index in [1.807, 2.05) is 0 Å². The lowest BCUT2D eigenvalue weighted by atomic mass is 10.0. The Morgan fingerprint density at radius 2 is 1.77 bits per heavy atom. The number of carbonyl (C=O) groups excluding carboxylic acids is 3. The number of amides is 3. The molecular weight excluding hydrogens is 362 g/mol. The van der Waals surface area contributed by atoms with Crippen LogP contribution in [0.5, 0.6) is 0 Å². The van der Waals surface area contributed by atoms with Gasteiger partial charge in [-0.15, -0.1) is 11.8 Å². The maximum absolute atomic E-state index is 12.7. The van der Waals surface area contributed by atoms with E-state index in [0.29, 0.717) is 0 Å². The number of oxime groups is 1. The molecule has 1 saturated heterocycles. The van der Waals surface area contributed by atoms with Crippen molar-refractivity contribution in [1.29, 1.82) is 0 Å². The highest BCUT2D eigenvalue weighted by Crippen LogP contribution is 2.43. The van der Waals surface area contributed by atoms with Crippen molar-refractivity contribution in [1.82, 2.24) is 9.80 Å². The quantitative estimate of drug-likeness (QED) is 0.257. The molecule has 0 unspecified atom stereocenters. The number of nitrogens with zero attached hydrogens (tertiary/aromatic N) is 3. The minimum absolute atomic E-state index is 0.166. The normalized spacial score (nSPS) is 24.8. The molecule has 1 aromatic rings. The summed E-state index contributed by atoms with van der Waals surface area (Å²) in [5.41, 5.74) is 0.332. The van der Waals surface area contributed by atoms with Gasteiger partial charge in [0.1, 0.15) is 17.1 Å². The van der Waals surface area contributed by atoms with E-state index in [1.165, 1.54) is 23.9 Å². The second-order valence-electron chi connectivity index (χ2n) is 5.80. The van der Waals surface area contributed by atoms with Crippen molar-refractivity contribution in [2.75, 3.05) is 5.75 Å². The molecule has 1 fully saturated rings. The van der Waals surface area contributed by atoms with Gasteiger partial charge in [0.05, 0.1) is 17.3 Å². The number of rotatable bonds is 3. The van der Waals surface area contributed by atoms with E-state index in [1.54, 1.807) is 12.1 Å². The number of aliphatic carboxylic acids is 1. The first kappa shape index (κ1) is 16.3. The van der Waals surface area contributed by atoms with Crippen LogP contribution in [0.1, 0.15) is 20.7 Å². The smallest absolute Gasteiger partial charge is 0.353 e. The van der Waals surface area contributed by atoms with Crippen LogP contribution in [0.2, 0.25) is 0 Å². The summed E-state index contributed by atoms with van der Waals surface area (Å²) in [4.78, 5) is 51.3. The Morgan fingerprint density at radius 3 is 2.31 bits per heavy atom. The lowest BCUT2D eigenvalue weighted by Crippen LogP contribution is -2.71. The molecule has 4 rings (SSSR count). The van der Waals surface area contributed by atoms with Crippen LogP contribution in [0, 0.1) is 0 Å². The van der Waals surface area contributed by atoms with Gasteiger partial charge in [-0.05, 0) is 12.1 Å². The maximum Gasteiger partial charge on any atom is 0.353 e. The molecule has 0 saturated carbocycles. The Balaban J connectivity index is 1.70. The zero-order chi connectivity index (χ0) is 18.6. The van der Waals surface area contributed by atoms with Gasteiger partial charge in [0.15, 0.2) is 0 Å². The molecule has 2 N–H and O–H groups in total. The molecule has 0 aliphatic carbocycles. The van der Waals surface area contributed by atoms with Crippen LogP contribution in [0.25, 0.3) is 0 Å². The van der Waals surface area contributed by atoms with E-state index in [0.717, 1.165) is 16.0 Å². The number of thioether (sulfide) groups is 1. The summed E-state index contributed by atoms with van der Waals surface area (Å²) in [5.74, 6) is -2.96. The summed E-state index contributed by atoms with van der Waals surface area (Å²) >= 11 is 1.20. The van der Waals surface area contributed by atoms with Crippen LogP contribution in [-0.2, 0) is 9.59 Å². The third-order valence-electron chi connectivity index (χ3n) is 4.49. The highest BCUT2D eigenvalue weighted by Gasteiger charge is 2.59. The van der Waals surface area contributed by atoms with Crippen molar-refractivity contribution in [2.24, 2.45) is 5.16 Å². The minimum atomic E-state index is -1.35. The second-order valence-corrected chi connectivity index (χ2v) is 6.91. The largest absolute Gasteiger partial charge is 0.477 e. The number of carbonyl (C=O) groups is 4. The van der Waals surface area contributed by atoms with Gasteiger partial charge in [-0.1, -0.05) is 17.3 Å². The zero-order valence-corrected chi connectivity index (χ0v) is 13.8. The van der Waals surface area contributed by atoms with Crippen LogP contribution in [0.15, 0.2) is 40.7 Å². The molecule has 3 heterocycles. The number of imide groups is 1. The van der Waals surface area contributed by atoms with Crippen molar-refractivity contribution in [3.63, 3.8) is 0 Å². The minimum Gasteiger partial charge on any atom is -0.477 e. The lowest BCUT2D eigenvalue weighted by molar-refractivity contribution is -0.151. The predicted octanol–water partition coefficient (Wildman–Crippen LogP) is 0.365. The Morgan fingerprint density at radius 1 is 1.15 bits per heavy atom. The standard InChI is InChI=1S/C16H11N3O6S/c20-12-8-3-1-2-4-9(8)13(21)18(12)11-14(22)19-10(16(23)24)7(5-17-25)6-26-15(11)19/h1-5,11,15,25H,6H2,(H,23,24)/t11-,15-/m1/s1. The average Bonchev–Trinajstić information content (AvgIpc) is 2.87. The molecule has 3 amide bonds. The summed E-state index contributed by atoms with van der Waals surface area (Å²) in [7, 11) is 0. The Bertz CT molecular complexity index is 905. The highest BCUT2D eigenvalue weighted by molar-refractivity contribution is 8.00. The fourth-order valence-corrected chi connectivity index (χ4v) is 4.70. The van der Waals surface area contributed by atoms with Gasteiger partial charge in [0.25, 0.3) is 17.7 Å². The molecule has 0 aromatic heterocycles. The molecule has 3 aliphatic rings. The molecule has 9 nitrogen and oxygen atoms in total. The highest BCUT2D eigenvalue weighted by atomic mass is 32.2. The van der Waals surface area contributed by atoms with E-state index >= 15 is 0 Å². The van der Waals surface area contributed by atoms with E-state index in [-0.39, 0.29) is 28.1 Å². The fourth-order valence-electron chi connectivity index (χ4n) is 3.36. The van der Waals surface area contributed by atoms with Crippen molar-refractivity contribution < 1.29 is 29.5 Å². The third kappa shape index (κ3) is 2.02. The molecule has 0 spiro atoms. The molecule has 1 aromatic carbocycles. The number of carboxylic acids is 1. The SMILES string of the molecule is O=C(O)C1=C(C=NO)CS[C@@H]2[C@H](N3C(=O)c4ccccc4C3=O)C(=O)N12. The van der Waals surface area contributed by atoms with E-state index < -0.39 is 35.1 Å². The van der Waals surface area contributed by atoms with Gasteiger partial charge in [-0.2, -0.15) is 0 Å². The topological polar surface area (TPSA) is 128 Å². The monoisotopic (exact) mass is 373 g/mol. The van der Waals surface area contributed by atoms with Gasteiger partial charge < -0.3 is 10.3 Å². The van der Waals surface area contributed by atoms with Crippen molar-refractivity contribution >= 4 is 41.7 Å². The van der Waals surface area contributed by atoms with Crippen LogP contribution in [0.3, 0.4) is 0 Å². The van der Waals surface area contributed by atoms with Crippen molar-refractivity contribution in [3.05, 3.63) is 46.7 Å². The third-order valence-corrected chi connectivity index (χ3v) is 5.78. The summed E-state index contributed by atoms with van der Waals surface area (Å²) in [6.45, 7) is 0. The lowest BCUT2D eigenvalue weighted by Gasteiger charge is -2.51. The zero-order valence-electron chi connectivity index (χ0n) is 13.0. The summed E-state index contributed by atoms with van der Waals surface area (Å²) in [6, 6.07) is 5.23. The second kappa shape index (κ2) is 5.70. The number of β-lactam (4-membered cyclic amide) rings is 1. The van der Waals surface area contributed by atoms with E-state index in [4.69, 9.17) is 5.21 Å². The molecular formula is C16H11N3O6S. The number of carboxylic acid groups (broad SMARTS) is 1.